The molecule has 2 aliphatic carbocycles. The maximum Gasteiger partial charge on any atom is 0.136 e. The molecule has 2 heteroatoms. The molecule has 2 aliphatic rings. The third-order valence-corrected chi connectivity index (χ3v) is 14.3. The van der Waals surface area contributed by atoms with E-state index >= 15 is 0 Å². The summed E-state index contributed by atoms with van der Waals surface area (Å²) in [5.74, 6) is 0. The van der Waals surface area contributed by atoms with Crippen molar-refractivity contribution in [2.45, 2.75) is 5.41 Å². The van der Waals surface area contributed by atoms with Gasteiger partial charge in [0, 0.05) is 27.8 Å². The van der Waals surface area contributed by atoms with Crippen molar-refractivity contribution in [1.29, 1.82) is 0 Å². The summed E-state index contributed by atoms with van der Waals surface area (Å²) in [7, 11) is 0. The van der Waals surface area contributed by atoms with E-state index in [1.54, 1.807) is 0 Å². The second kappa shape index (κ2) is 13.8. The summed E-state index contributed by atoms with van der Waals surface area (Å²) < 4.78 is 6.56. The molecule has 1 heterocycles. The zero-order valence-electron chi connectivity index (χ0n) is 35.4. The average molecular weight is 826 g/mol. The molecule has 0 amide bonds. The van der Waals surface area contributed by atoms with Gasteiger partial charge in [0.1, 0.15) is 11.2 Å². The molecule has 0 fully saturated rings. The van der Waals surface area contributed by atoms with Gasteiger partial charge in [-0.3, -0.25) is 0 Å². The monoisotopic (exact) mass is 825 g/mol. The summed E-state index contributed by atoms with van der Waals surface area (Å²) in [6.45, 7) is 0. The maximum atomic E-state index is 6.56. The Labute approximate surface area is 376 Å². The number of furan rings is 1. The lowest BCUT2D eigenvalue weighted by molar-refractivity contribution is 0.669. The molecule has 11 aromatic carbocycles. The Hall–Kier alpha value is -8.46. The van der Waals surface area contributed by atoms with Crippen LogP contribution in [0.4, 0.5) is 17.1 Å². The van der Waals surface area contributed by atoms with Crippen LogP contribution in [0.5, 0.6) is 0 Å². The first-order valence-electron chi connectivity index (χ1n) is 22.5. The summed E-state index contributed by atoms with van der Waals surface area (Å²) in [6, 6.07) is 87.1. The first-order valence-corrected chi connectivity index (χ1v) is 22.5. The van der Waals surface area contributed by atoms with Gasteiger partial charge in [-0.25, -0.2) is 0 Å². The quantitative estimate of drug-likeness (QED) is 0.172. The topological polar surface area (TPSA) is 16.4 Å². The zero-order chi connectivity index (χ0) is 42.6. The first kappa shape index (κ1) is 36.1. The number of hydrogen-bond acceptors (Lipinski definition) is 2. The van der Waals surface area contributed by atoms with Gasteiger partial charge in [0.25, 0.3) is 0 Å². The van der Waals surface area contributed by atoms with Crippen LogP contribution in [0.25, 0.3) is 88.0 Å². The van der Waals surface area contributed by atoms with Crippen LogP contribution < -0.4 is 4.90 Å². The summed E-state index contributed by atoms with van der Waals surface area (Å²) in [5, 5.41) is 7.12. The Morgan fingerprint density at radius 2 is 0.800 bits per heavy atom. The van der Waals surface area contributed by atoms with Crippen molar-refractivity contribution in [2.75, 3.05) is 4.90 Å². The van der Waals surface area contributed by atoms with E-state index in [0.29, 0.717) is 0 Å². The Morgan fingerprint density at radius 3 is 1.49 bits per heavy atom. The first-order chi connectivity index (χ1) is 32.2. The molecule has 0 atom stereocenters. The number of anilines is 3. The van der Waals surface area contributed by atoms with Crippen LogP contribution in [0, 0.1) is 0 Å². The Kier molecular flexibility index (Phi) is 7.64. The fraction of sp³-hybridized carbons (Fsp3) is 0.0159. The van der Waals surface area contributed by atoms with E-state index in [-0.39, 0.29) is 0 Å². The smallest absolute Gasteiger partial charge is 0.136 e. The molecule has 302 valence electrons. The lowest BCUT2D eigenvalue weighted by Gasteiger charge is -2.32. The van der Waals surface area contributed by atoms with E-state index in [2.05, 4.69) is 241 Å². The molecular formula is C63H39NO. The number of benzene rings is 11. The van der Waals surface area contributed by atoms with E-state index in [4.69, 9.17) is 4.42 Å². The van der Waals surface area contributed by atoms with Crippen LogP contribution in [-0.4, -0.2) is 0 Å². The van der Waals surface area contributed by atoms with Gasteiger partial charge in [-0.1, -0.05) is 188 Å². The Balaban J connectivity index is 1.00. The average Bonchev–Trinajstić information content (AvgIpc) is 4.01. The number of hydrogen-bond donors (Lipinski definition) is 0. The predicted molar refractivity (Wildman–Crippen MR) is 271 cm³/mol. The fourth-order valence-electron chi connectivity index (χ4n) is 11.6. The maximum absolute atomic E-state index is 6.56. The van der Waals surface area contributed by atoms with Crippen molar-refractivity contribution in [1.82, 2.24) is 0 Å². The van der Waals surface area contributed by atoms with Crippen molar-refractivity contribution in [2.24, 2.45) is 0 Å². The minimum absolute atomic E-state index is 0.459. The number of rotatable bonds is 5. The lowest BCUT2D eigenvalue weighted by Crippen LogP contribution is -2.26. The van der Waals surface area contributed by atoms with Crippen LogP contribution in [0.2, 0.25) is 0 Å². The molecule has 65 heavy (non-hydrogen) atoms. The summed E-state index contributed by atoms with van der Waals surface area (Å²) >= 11 is 0. The fourth-order valence-corrected chi connectivity index (χ4v) is 11.6. The third-order valence-electron chi connectivity index (χ3n) is 14.3. The van der Waals surface area contributed by atoms with Crippen molar-refractivity contribution in [3.63, 3.8) is 0 Å². The van der Waals surface area contributed by atoms with Crippen LogP contribution in [0.15, 0.2) is 241 Å². The van der Waals surface area contributed by atoms with Crippen molar-refractivity contribution in [3.8, 4) is 44.5 Å². The van der Waals surface area contributed by atoms with Gasteiger partial charge < -0.3 is 9.32 Å². The standard InChI is InChI=1S/C63H39NO/c1-2-14-40(15-3-1)47-23-12-17-43-18-13-24-48(61(43)47)42-28-31-44(32-29-42)64(45-34-37-59-54(38-45)62-49-19-5-4-16-41(49)30-36-60(62)65-59)46-33-35-53-52-22-8-11-27-57(52)63(58(53)39-46)55-25-9-6-20-50(55)51-21-7-10-26-56(51)63/h1-39H. The van der Waals surface area contributed by atoms with E-state index in [1.165, 1.54) is 88.3 Å². The van der Waals surface area contributed by atoms with Crippen molar-refractivity contribution >= 4 is 60.5 Å². The molecular weight excluding hydrogens is 787 g/mol. The Morgan fingerprint density at radius 1 is 0.292 bits per heavy atom. The van der Waals surface area contributed by atoms with Crippen LogP contribution >= 0.6 is 0 Å². The molecule has 0 unspecified atom stereocenters. The molecule has 0 bridgehead atoms. The summed E-state index contributed by atoms with van der Waals surface area (Å²) in [6.07, 6.45) is 0. The molecule has 0 saturated heterocycles. The minimum Gasteiger partial charge on any atom is -0.456 e. The molecule has 0 aliphatic heterocycles. The van der Waals surface area contributed by atoms with Crippen molar-refractivity contribution in [3.05, 3.63) is 259 Å². The van der Waals surface area contributed by atoms with Gasteiger partial charge >= 0.3 is 0 Å². The molecule has 0 N–H and O–H groups in total. The highest BCUT2D eigenvalue weighted by Crippen LogP contribution is 2.63. The van der Waals surface area contributed by atoms with Gasteiger partial charge in [0.15, 0.2) is 0 Å². The second-order valence-corrected chi connectivity index (χ2v) is 17.5. The highest BCUT2D eigenvalue weighted by molar-refractivity contribution is 6.19. The highest BCUT2D eigenvalue weighted by atomic mass is 16.3. The second-order valence-electron chi connectivity index (χ2n) is 17.5. The highest BCUT2D eigenvalue weighted by Gasteiger charge is 2.51. The molecule has 14 rings (SSSR count). The lowest BCUT2D eigenvalue weighted by atomic mass is 9.70. The molecule has 12 aromatic rings. The molecule has 1 spiro atoms. The van der Waals surface area contributed by atoms with Crippen molar-refractivity contribution < 1.29 is 4.42 Å². The van der Waals surface area contributed by atoms with Gasteiger partial charge in [-0.2, -0.15) is 0 Å². The van der Waals surface area contributed by atoms with Crippen LogP contribution in [0.3, 0.4) is 0 Å². The van der Waals surface area contributed by atoms with Gasteiger partial charge in [0.2, 0.25) is 0 Å². The molecule has 1 aromatic heterocycles. The molecule has 0 saturated carbocycles. The Bertz CT molecular complexity index is 3830. The zero-order valence-corrected chi connectivity index (χ0v) is 35.4. The van der Waals surface area contributed by atoms with Crippen LogP contribution in [-0.2, 0) is 5.41 Å². The summed E-state index contributed by atoms with van der Waals surface area (Å²) in [4.78, 5) is 2.44. The van der Waals surface area contributed by atoms with Gasteiger partial charge in [-0.05, 0) is 137 Å². The normalized spacial score (nSPS) is 13.0. The third kappa shape index (κ3) is 5.11. The number of fused-ring (bicyclic) bond motifs is 16. The van der Waals surface area contributed by atoms with Gasteiger partial charge in [-0.15, -0.1) is 0 Å². The molecule has 2 nitrogen and oxygen atoms in total. The van der Waals surface area contributed by atoms with E-state index in [1.807, 2.05) is 0 Å². The molecule has 0 radical (unpaired) electrons. The van der Waals surface area contributed by atoms with E-state index in [9.17, 15) is 0 Å². The predicted octanol–water partition coefficient (Wildman–Crippen LogP) is 17.0. The largest absolute Gasteiger partial charge is 0.456 e. The summed E-state index contributed by atoms with van der Waals surface area (Å²) in [5.41, 5.74) is 19.9. The SMILES string of the molecule is c1ccc(-c2cccc3cccc(-c4ccc(N(c5ccc6c(c5)C5(c7ccccc7-c7ccccc75)c5ccccc5-6)c5ccc6oc7ccc8ccccc8c7c6c5)cc4)c23)cc1. The minimum atomic E-state index is -0.459. The number of nitrogens with zero attached hydrogens (tertiary/aromatic N) is 1. The van der Waals surface area contributed by atoms with Gasteiger partial charge in [0.05, 0.1) is 5.41 Å². The van der Waals surface area contributed by atoms with Crippen LogP contribution in [0.1, 0.15) is 22.3 Å². The van der Waals surface area contributed by atoms with E-state index < -0.39 is 5.41 Å². The van der Waals surface area contributed by atoms with E-state index in [0.717, 1.165) is 39.0 Å².